The normalized spacial score (nSPS) is 11.1. The molecule has 0 saturated heterocycles. The number of hydrogen-bond acceptors (Lipinski definition) is 4. The van der Waals surface area contributed by atoms with Gasteiger partial charge in [-0.05, 0) is 43.7 Å². The van der Waals surface area contributed by atoms with Crippen LogP contribution in [0.5, 0.6) is 0 Å². The van der Waals surface area contributed by atoms with E-state index in [1.807, 2.05) is 56.3 Å². The molecular weight excluding hydrogens is 318 g/mol. The summed E-state index contributed by atoms with van der Waals surface area (Å²) < 4.78 is 1.07. The molecule has 0 saturated carbocycles. The van der Waals surface area contributed by atoms with Gasteiger partial charge in [0.1, 0.15) is 0 Å². The maximum Gasteiger partial charge on any atom is 0.258 e. The molecule has 1 amide bonds. The predicted molar refractivity (Wildman–Crippen MR) is 98.8 cm³/mol. The van der Waals surface area contributed by atoms with Crippen molar-refractivity contribution < 1.29 is 4.79 Å². The zero-order valence-electron chi connectivity index (χ0n) is 13.3. The molecule has 2 aromatic carbocycles. The van der Waals surface area contributed by atoms with Gasteiger partial charge in [-0.15, -0.1) is 0 Å². The standard InChI is InChI=1S/C19H15N3OS/c1-11-7-8-16-17(9-11)24-19(21-16)22-18(23)14-10-12(2)20-15-6-4-3-5-13(14)15/h3-10H,1-2H3,(H,21,22,23). The summed E-state index contributed by atoms with van der Waals surface area (Å²) in [6, 6.07) is 15.6. The number of fused-ring (bicyclic) bond motifs is 2. The summed E-state index contributed by atoms with van der Waals surface area (Å²) in [5.41, 5.74) is 4.34. The highest BCUT2D eigenvalue weighted by Crippen LogP contribution is 2.27. The largest absolute Gasteiger partial charge is 0.298 e. The summed E-state index contributed by atoms with van der Waals surface area (Å²) in [7, 11) is 0. The molecule has 0 radical (unpaired) electrons. The van der Waals surface area contributed by atoms with Gasteiger partial charge in [0, 0.05) is 11.1 Å². The van der Waals surface area contributed by atoms with Crippen LogP contribution in [0.3, 0.4) is 0 Å². The van der Waals surface area contributed by atoms with Crippen LogP contribution in [-0.2, 0) is 0 Å². The molecule has 0 aliphatic heterocycles. The number of thiazole rings is 1. The molecule has 0 unspecified atom stereocenters. The second-order valence-electron chi connectivity index (χ2n) is 5.77. The Bertz CT molecular complexity index is 1080. The summed E-state index contributed by atoms with van der Waals surface area (Å²) in [5.74, 6) is -0.160. The van der Waals surface area contributed by atoms with Crippen LogP contribution in [0.1, 0.15) is 21.6 Å². The van der Waals surface area contributed by atoms with Crippen molar-refractivity contribution in [2.24, 2.45) is 0 Å². The molecule has 0 spiro atoms. The van der Waals surface area contributed by atoms with Crippen molar-refractivity contribution in [3.8, 4) is 0 Å². The Morgan fingerprint density at radius 2 is 1.83 bits per heavy atom. The Balaban J connectivity index is 1.73. The number of carbonyl (C=O) groups excluding carboxylic acids is 1. The monoisotopic (exact) mass is 333 g/mol. The average molecular weight is 333 g/mol. The fourth-order valence-electron chi connectivity index (χ4n) is 2.75. The van der Waals surface area contributed by atoms with Crippen LogP contribution in [0.15, 0.2) is 48.5 Å². The number of benzene rings is 2. The summed E-state index contributed by atoms with van der Waals surface area (Å²) in [5, 5.41) is 4.38. The number of anilines is 1. The zero-order valence-corrected chi connectivity index (χ0v) is 14.1. The number of aromatic nitrogens is 2. The van der Waals surface area contributed by atoms with Gasteiger partial charge in [-0.3, -0.25) is 15.1 Å². The van der Waals surface area contributed by atoms with Gasteiger partial charge in [0.05, 0.1) is 21.3 Å². The molecule has 1 N–H and O–H groups in total. The van der Waals surface area contributed by atoms with Crippen molar-refractivity contribution in [1.82, 2.24) is 9.97 Å². The lowest BCUT2D eigenvalue weighted by atomic mass is 10.1. The second-order valence-corrected chi connectivity index (χ2v) is 6.80. The Kier molecular flexibility index (Phi) is 3.50. The molecule has 4 rings (SSSR count). The summed E-state index contributed by atoms with van der Waals surface area (Å²) in [4.78, 5) is 21.7. The van der Waals surface area contributed by atoms with Crippen LogP contribution in [0, 0.1) is 13.8 Å². The minimum Gasteiger partial charge on any atom is -0.298 e. The molecule has 0 atom stereocenters. The highest BCUT2D eigenvalue weighted by atomic mass is 32.1. The lowest BCUT2D eigenvalue weighted by molar-refractivity contribution is 0.102. The number of nitrogens with one attached hydrogen (secondary N) is 1. The number of para-hydroxylation sites is 1. The van der Waals surface area contributed by atoms with Crippen LogP contribution in [-0.4, -0.2) is 15.9 Å². The third kappa shape index (κ3) is 2.63. The average Bonchev–Trinajstić information content (AvgIpc) is 2.95. The summed E-state index contributed by atoms with van der Waals surface area (Å²) in [6.07, 6.45) is 0. The van der Waals surface area contributed by atoms with E-state index >= 15 is 0 Å². The first-order valence-corrected chi connectivity index (χ1v) is 8.47. The number of rotatable bonds is 2. The molecule has 4 nitrogen and oxygen atoms in total. The highest BCUT2D eigenvalue weighted by Gasteiger charge is 2.14. The minimum absolute atomic E-state index is 0.160. The Hall–Kier alpha value is -2.79. The van der Waals surface area contributed by atoms with Crippen LogP contribution >= 0.6 is 11.3 Å². The molecular formula is C19H15N3OS. The molecule has 4 aromatic rings. The van der Waals surface area contributed by atoms with Crippen molar-refractivity contribution in [3.63, 3.8) is 0 Å². The molecule has 0 aliphatic rings. The SMILES string of the molecule is Cc1ccc2nc(NC(=O)c3cc(C)nc4ccccc34)sc2c1. The molecule has 118 valence electrons. The van der Waals surface area contributed by atoms with Crippen molar-refractivity contribution in [1.29, 1.82) is 0 Å². The molecule has 0 aliphatic carbocycles. The summed E-state index contributed by atoms with van der Waals surface area (Å²) >= 11 is 1.49. The maximum atomic E-state index is 12.8. The van der Waals surface area contributed by atoms with E-state index in [2.05, 4.69) is 21.4 Å². The van der Waals surface area contributed by atoms with Crippen molar-refractivity contribution >= 4 is 43.5 Å². The first kappa shape index (κ1) is 14.8. The first-order valence-electron chi connectivity index (χ1n) is 7.65. The van der Waals surface area contributed by atoms with E-state index in [9.17, 15) is 4.79 Å². The van der Waals surface area contributed by atoms with Gasteiger partial charge < -0.3 is 0 Å². The third-order valence-corrected chi connectivity index (χ3v) is 4.79. The number of aryl methyl sites for hydroxylation is 2. The zero-order chi connectivity index (χ0) is 16.7. The second kappa shape index (κ2) is 5.69. The van der Waals surface area contributed by atoms with Crippen LogP contribution < -0.4 is 5.32 Å². The minimum atomic E-state index is -0.160. The third-order valence-electron chi connectivity index (χ3n) is 3.85. The topological polar surface area (TPSA) is 54.9 Å². The Morgan fingerprint density at radius 3 is 2.71 bits per heavy atom. The number of amides is 1. The van der Waals surface area contributed by atoms with Crippen LogP contribution in [0.2, 0.25) is 0 Å². The van der Waals surface area contributed by atoms with E-state index in [1.54, 1.807) is 0 Å². The van der Waals surface area contributed by atoms with E-state index in [1.165, 1.54) is 16.9 Å². The first-order chi connectivity index (χ1) is 11.6. The maximum absolute atomic E-state index is 12.8. The molecule has 0 bridgehead atoms. The number of hydrogen-bond donors (Lipinski definition) is 1. The van der Waals surface area contributed by atoms with Gasteiger partial charge in [0.2, 0.25) is 0 Å². The molecule has 0 fully saturated rings. The fourth-order valence-corrected chi connectivity index (χ4v) is 3.70. The molecule has 2 aromatic heterocycles. The molecule has 24 heavy (non-hydrogen) atoms. The van der Waals surface area contributed by atoms with E-state index in [-0.39, 0.29) is 5.91 Å². The van der Waals surface area contributed by atoms with E-state index < -0.39 is 0 Å². The van der Waals surface area contributed by atoms with Gasteiger partial charge in [-0.25, -0.2) is 4.98 Å². The van der Waals surface area contributed by atoms with Gasteiger partial charge in [-0.2, -0.15) is 0 Å². The number of nitrogens with zero attached hydrogens (tertiary/aromatic N) is 2. The number of carbonyl (C=O) groups is 1. The van der Waals surface area contributed by atoms with Crippen molar-refractivity contribution in [2.75, 3.05) is 5.32 Å². The smallest absolute Gasteiger partial charge is 0.258 e. The lowest BCUT2D eigenvalue weighted by Gasteiger charge is -2.07. The molecule has 2 heterocycles. The Labute approximate surface area is 143 Å². The van der Waals surface area contributed by atoms with Crippen LogP contribution in [0.4, 0.5) is 5.13 Å². The van der Waals surface area contributed by atoms with E-state index in [4.69, 9.17) is 0 Å². The van der Waals surface area contributed by atoms with Gasteiger partial charge in [0.25, 0.3) is 5.91 Å². The molecule has 5 heteroatoms. The van der Waals surface area contributed by atoms with Crippen molar-refractivity contribution in [2.45, 2.75) is 13.8 Å². The number of pyridine rings is 1. The van der Waals surface area contributed by atoms with Gasteiger partial charge >= 0.3 is 0 Å². The van der Waals surface area contributed by atoms with Crippen LogP contribution in [0.25, 0.3) is 21.1 Å². The van der Waals surface area contributed by atoms with E-state index in [0.717, 1.165) is 26.8 Å². The van der Waals surface area contributed by atoms with Gasteiger partial charge in [0.15, 0.2) is 5.13 Å². The van der Waals surface area contributed by atoms with E-state index in [0.29, 0.717) is 10.7 Å². The summed E-state index contributed by atoms with van der Waals surface area (Å²) in [6.45, 7) is 3.94. The predicted octanol–water partition coefficient (Wildman–Crippen LogP) is 4.71. The van der Waals surface area contributed by atoms with Gasteiger partial charge in [-0.1, -0.05) is 35.6 Å². The highest BCUT2D eigenvalue weighted by molar-refractivity contribution is 7.22. The quantitative estimate of drug-likeness (QED) is 0.578. The fraction of sp³-hybridized carbons (Fsp3) is 0.105. The lowest BCUT2D eigenvalue weighted by Crippen LogP contribution is -2.13. The van der Waals surface area contributed by atoms with Crippen molar-refractivity contribution in [3.05, 3.63) is 65.4 Å². The Morgan fingerprint density at radius 1 is 1.00 bits per heavy atom.